The van der Waals surface area contributed by atoms with Crippen LogP contribution in [0.25, 0.3) is 0 Å². The van der Waals surface area contributed by atoms with Crippen LogP contribution in [0, 0.1) is 20.6 Å². The number of halogens is 1. The quantitative estimate of drug-likeness (QED) is 0.469. The molecule has 0 fully saturated rings. The fourth-order valence-corrected chi connectivity index (χ4v) is 2.00. The van der Waals surface area contributed by atoms with Crippen LogP contribution in [-0.2, 0) is 0 Å². The SMILES string of the molecule is Cc1ccc(Oc2ccccc2I)c([N+](=O)[O-])c1. The molecular formula is C13H10INO3. The summed E-state index contributed by atoms with van der Waals surface area (Å²) >= 11 is 2.13. The lowest BCUT2D eigenvalue weighted by molar-refractivity contribution is -0.385. The number of rotatable bonds is 3. The molecule has 2 aromatic rings. The van der Waals surface area contributed by atoms with Crippen LogP contribution in [0.4, 0.5) is 5.69 Å². The predicted molar refractivity (Wildman–Crippen MR) is 77.1 cm³/mol. The van der Waals surface area contributed by atoms with Crippen LogP contribution in [0.5, 0.6) is 11.5 Å². The van der Waals surface area contributed by atoms with Crippen LogP contribution in [0.2, 0.25) is 0 Å². The van der Waals surface area contributed by atoms with Gasteiger partial charge >= 0.3 is 5.69 Å². The molecule has 2 aromatic carbocycles. The lowest BCUT2D eigenvalue weighted by Gasteiger charge is -2.08. The van der Waals surface area contributed by atoms with Crippen molar-refractivity contribution < 1.29 is 9.66 Å². The highest BCUT2D eigenvalue weighted by atomic mass is 127. The second-order valence-corrected chi connectivity index (χ2v) is 4.92. The minimum Gasteiger partial charge on any atom is -0.449 e. The van der Waals surface area contributed by atoms with Gasteiger partial charge in [0.15, 0.2) is 0 Å². The van der Waals surface area contributed by atoms with E-state index in [1.54, 1.807) is 18.2 Å². The molecule has 2 rings (SSSR count). The van der Waals surface area contributed by atoms with E-state index in [2.05, 4.69) is 22.6 Å². The summed E-state index contributed by atoms with van der Waals surface area (Å²) in [6, 6.07) is 12.3. The monoisotopic (exact) mass is 355 g/mol. The summed E-state index contributed by atoms with van der Waals surface area (Å²) in [4.78, 5) is 10.5. The first-order valence-corrected chi connectivity index (χ1v) is 6.33. The standard InChI is InChI=1S/C13H10INO3/c1-9-6-7-13(11(8-9)15(16)17)18-12-5-3-2-4-10(12)14/h2-8H,1H3. The highest BCUT2D eigenvalue weighted by Crippen LogP contribution is 2.33. The summed E-state index contributed by atoms with van der Waals surface area (Å²) in [6.45, 7) is 1.81. The van der Waals surface area contributed by atoms with Gasteiger partial charge in [-0.15, -0.1) is 0 Å². The molecule has 92 valence electrons. The highest BCUT2D eigenvalue weighted by Gasteiger charge is 2.16. The molecule has 0 aliphatic rings. The van der Waals surface area contributed by atoms with Crippen LogP contribution in [0.3, 0.4) is 0 Å². The number of aryl methyl sites for hydroxylation is 1. The van der Waals surface area contributed by atoms with Crippen LogP contribution in [0.15, 0.2) is 42.5 Å². The van der Waals surface area contributed by atoms with Gasteiger partial charge in [0, 0.05) is 6.07 Å². The van der Waals surface area contributed by atoms with E-state index in [9.17, 15) is 10.1 Å². The van der Waals surface area contributed by atoms with E-state index in [0.717, 1.165) is 9.13 Å². The molecule has 5 heteroatoms. The zero-order chi connectivity index (χ0) is 13.1. The van der Waals surface area contributed by atoms with E-state index in [1.807, 2.05) is 25.1 Å². The van der Waals surface area contributed by atoms with Gasteiger partial charge in [0.1, 0.15) is 5.75 Å². The Balaban J connectivity index is 2.41. The van der Waals surface area contributed by atoms with E-state index in [1.165, 1.54) is 6.07 Å². The minimum absolute atomic E-state index is 0.0188. The normalized spacial score (nSPS) is 10.1. The van der Waals surface area contributed by atoms with Gasteiger partial charge < -0.3 is 4.74 Å². The molecule has 0 amide bonds. The Morgan fingerprint density at radius 3 is 2.56 bits per heavy atom. The molecule has 0 radical (unpaired) electrons. The summed E-state index contributed by atoms with van der Waals surface area (Å²) in [6.07, 6.45) is 0. The summed E-state index contributed by atoms with van der Waals surface area (Å²) in [5.74, 6) is 0.875. The van der Waals surface area contributed by atoms with Crippen molar-refractivity contribution in [2.45, 2.75) is 6.92 Å². The summed E-state index contributed by atoms with van der Waals surface area (Å²) < 4.78 is 6.51. The Hall–Kier alpha value is -1.63. The minimum atomic E-state index is -0.432. The number of hydrogen-bond donors (Lipinski definition) is 0. The third kappa shape index (κ3) is 2.79. The van der Waals surface area contributed by atoms with Crippen molar-refractivity contribution in [2.75, 3.05) is 0 Å². The number of nitrogens with zero attached hydrogens (tertiary/aromatic N) is 1. The van der Waals surface area contributed by atoms with Crippen molar-refractivity contribution in [1.29, 1.82) is 0 Å². The molecule has 0 heterocycles. The molecule has 0 unspecified atom stereocenters. The van der Waals surface area contributed by atoms with Crippen molar-refractivity contribution in [3.05, 3.63) is 61.7 Å². The largest absolute Gasteiger partial charge is 0.449 e. The van der Waals surface area contributed by atoms with E-state index >= 15 is 0 Å². The Bertz CT molecular complexity index is 599. The zero-order valence-electron chi connectivity index (χ0n) is 9.59. The summed E-state index contributed by atoms with van der Waals surface area (Å²) in [5, 5.41) is 11.0. The molecule has 0 aromatic heterocycles. The number of nitro benzene ring substituents is 1. The lowest BCUT2D eigenvalue weighted by Crippen LogP contribution is -1.95. The topological polar surface area (TPSA) is 52.4 Å². The third-order valence-corrected chi connectivity index (χ3v) is 3.26. The number of benzene rings is 2. The molecule has 0 aliphatic carbocycles. The predicted octanol–water partition coefficient (Wildman–Crippen LogP) is 4.30. The molecular weight excluding hydrogens is 345 g/mol. The maximum absolute atomic E-state index is 11.0. The fourth-order valence-electron chi connectivity index (χ4n) is 1.50. The number of ether oxygens (including phenoxy) is 1. The smallest absolute Gasteiger partial charge is 0.311 e. The highest BCUT2D eigenvalue weighted by molar-refractivity contribution is 14.1. The number of hydrogen-bond acceptors (Lipinski definition) is 3. The van der Waals surface area contributed by atoms with Gasteiger partial charge in [-0.25, -0.2) is 0 Å². The van der Waals surface area contributed by atoms with Gasteiger partial charge in [-0.05, 0) is 53.3 Å². The third-order valence-electron chi connectivity index (χ3n) is 2.37. The molecule has 0 N–H and O–H groups in total. The molecule has 0 aliphatic heterocycles. The van der Waals surface area contributed by atoms with E-state index in [4.69, 9.17) is 4.74 Å². The molecule has 0 saturated heterocycles. The fraction of sp³-hybridized carbons (Fsp3) is 0.0769. The van der Waals surface area contributed by atoms with Crippen molar-refractivity contribution in [3.8, 4) is 11.5 Å². The first-order chi connectivity index (χ1) is 8.58. The van der Waals surface area contributed by atoms with Crippen molar-refractivity contribution in [1.82, 2.24) is 0 Å². The van der Waals surface area contributed by atoms with Crippen LogP contribution < -0.4 is 4.74 Å². The zero-order valence-corrected chi connectivity index (χ0v) is 11.7. The maximum atomic E-state index is 11.0. The Kier molecular flexibility index (Phi) is 3.81. The lowest BCUT2D eigenvalue weighted by atomic mass is 10.2. The molecule has 0 bridgehead atoms. The first-order valence-electron chi connectivity index (χ1n) is 5.25. The van der Waals surface area contributed by atoms with Crippen molar-refractivity contribution in [3.63, 3.8) is 0 Å². The average molecular weight is 355 g/mol. The Labute approximate surface area is 118 Å². The van der Waals surface area contributed by atoms with Crippen LogP contribution >= 0.6 is 22.6 Å². The van der Waals surface area contributed by atoms with E-state index < -0.39 is 4.92 Å². The number of nitro groups is 1. The molecule has 0 atom stereocenters. The number of para-hydroxylation sites is 1. The molecule has 18 heavy (non-hydrogen) atoms. The Morgan fingerprint density at radius 2 is 1.89 bits per heavy atom. The second kappa shape index (κ2) is 5.34. The van der Waals surface area contributed by atoms with Gasteiger partial charge in [0.05, 0.1) is 8.49 Å². The van der Waals surface area contributed by atoms with Crippen molar-refractivity contribution >= 4 is 28.3 Å². The molecule has 4 nitrogen and oxygen atoms in total. The van der Waals surface area contributed by atoms with Gasteiger partial charge in [-0.3, -0.25) is 10.1 Å². The van der Waals surface area contributed by atoms with E-state index in [-0.39, 0.29) is 11.4 Å². The molecule has 0 spiro atoms. The molecule has 0 saturated carbocycles. The van der Waals surface area contributed by atoms with Gasteiger partial charge in [-0.2, -0.15) is 0 Å². The first kappa shape index (κ1) is 12.8. The van der Waals surface area contributed by atoms with Gasteiger partial charge in [-0.1, -0.05) is 18.2 Å². The average Bonchev–Trinajstić information content (AvgIpc) is 2.34. The Morgan fingerprint density at radius 1 is 1.17 bits per heavy atom. The van der Waals surface area contributed by atoms with Crippen LogP contribution in [0.1, 0.15) is 5.56 Å². The van der Waals surface area contributed by atoms with Gasteiger partial charge in [0.25, 0.3) is 0 Å². The van der Waals surface area contributed by atoms with Gasteiger partial charge in [0.2, 0.25) is 5.75 Å². The van der Waals surface area contributed by atoms with Crippen LogP contribution in [-0.4, -0.2) is 4.92 Å². The maximum Gasteiger partial charge on any atom is 0.311 e. The second-order valence-electron chi connectivity index (χ2n) is 3.76. The van der Waals surface area contributed by atoms with E-state index in [0.29, 0.717) is 5.75 Å². The summed E-state index contributed by atoms with van der Waals surface area (Å²) in [7, 11) is 0. The van der Waals surface area contributed by atoms with Crippen molar-refractivity contribution in [2.24, 2.45) is 0 Å². The summed E-state index contributed by atoms with van der Waals surface area (Å²) in [5.41, 5.74) is 0.812.